The third kappa shape index (κ3) is 1.99. The third-order valence-corrected chi connectivity index (χ3v) is 3.10. The summed E-state index contributed by atoms with van der Waals surface area (Å²) in [5.74, 6) is 1.52. The van der Waals surface area contributed by atoms with Gasteiger partial charge in [-0.05, 0) is 18.2 Å². The zero-order valence-corrected chi connectivity index (χ0v) is 11.2. The molecule has 0 bridgehead atoms. The van der Waals surface area contributed by atoms with Crippen LogP contribution in [0.15, 0.2) is 22.7 Å². The van der Waals surface area contributed by atoms with Gasteiger partial charge in [0.2, 0.25) is 0 Å². The van der Waals surface area contributed by atoms with Gasteiger partial charge in [-0.2, -0.15) is 0 Å². The minimum absolute atomic E-state index is 0.415. The Morgan fingerprint density at radius 3 is 2.81 bits per heavy atom. The molecule has 1 aromatic heterocycles. The van der Waals surface area contributed by atoms with Crippen molar-refractivity contribution >= 4 is 27.0 Å². The molecule has 0 aliphatic carbocycles. The largest absolute Gasteiger partial charge is 0.329 e. The summed E-state index contributed by atoms with van der Waals surface area (Å²) in [7, 11) is 0. The number of fused-ring (bicyclic) bond motifs is 1. The number of imidazole rings is 1. The lowest BCUT2D eigenvalue weighted by molar-refractivity contribution is 0.642. The average Bonchev–Trinajstić information content (AvgIpc) is 2.57. The summed E-state index contributed by atoms with van der Waals surface area (Å²) in [4.78, 5) is 4.67. The summed E-state index contributed by atoms with van der Waals surface area (Å²) in [6, 6.07) is 6.18. The minimum Gasteiger partial charge on any atom is -0.329 e. The van der Waals surface area contributed by atoms with Crippen molar-refractivity contribution in [3.05, 3.63) is 28.5 Å². The minimum atomic E-state index is 0.415. The van der Waals surface area contributed by atoms with Crippen LogP contribution in [0.1, 0.15) is 25.6 Å². The van der Waals surface area contributed by atoms with Crippen LogP contribution in [-0.4, -0.2) is 16.1 Å². The van der Waals surface area contributed by atoms with E-state index in [1.54, 1.807) is 0 Å². The Hall–Kier alpha value is -0.870. The highest BCUT2D eigenvalue weighted by Crippen LogP contribution is 2.24. The number of nitrogens with two attached hydrogens (primary N) is 1. The quantitative estimate of drug-likeness (QED) is 0.940. The summed E-state index contributed by atoms with van der Waals surface area (Å²) >= 11 is 3.47. The van der Waals surface area contributed by atoms with Crippen molar-refractivity contribution in [3.63, 3.8) is 0 Å². The summed E-state index contributed by atoms with van der Waals surface area (Å²) in [5.41, 5.74) is 7.85. The molecule has 2 aromatic rings. The van der Waals surface area contributed by atoms with Crippen molar-refractivity contribution in [1.82, 2.24) is 9.55 Å². The Kier molecular flexibility index (Phi) is 3.30. The highest BCUT2D eigenvalue weighted by Gasteiger charge is 2.12. The van der Waals surface area contributed by atoms with E-state index in [0.717, 1.165) is 27.9 Å². The molecule has 0 unspecified atom stereocenters. The molecule has 86 valence electrons. The number of hydrogen-bond acceptors (Lipinski definition) is 2. The zero-order valence-electron chi connectivity index (χ0n) is 9.57. The van der Waals surface area contributed by atoms with Gasteiger partial charge in [-0.1, -0.05) is 29.8 Å². The van der Waals surface area contributed by atoms with Crippen LogP contribution in [0, 0.1) is 0 Å². The lowest BCUT2D eigenvalue weighted by Gasteiger charge is -2.09. The molecule has 0 saturated heterocycles. The van der Waals surface area contributed by atoms with E-state index in [4.69, 9.17) is 5.73 Å². The normalized spacial score (nSPS) is 11.6. The van der Waals surface area contributed by atoms with Crippen LogP contribution in [0.2, 0.25) is 0 Å². The topological polar surface area (TPSA) is 43.8 Å². The van der Waals surface area contributed by atoms with Gasteiger partial charge in [0.15, 0.2) is 0 Å². The Morgan fingerprint density at radius 2 is 2.19 bits per heavy atom. The van der Waals surface area contributed by atoms with Crippen molar-refractivity contribution in [2.24, 2.45) is 5.73 Å². The number of nitrogens with zero attached hydrogens (tertiary/aromatic N) is 2. The van der Waals surface area contributed by atoms with Gasteiger partial charge in [-0.25, -0.2) is 4.98 Å². The smallest absolute Gasteiger partial charge is 0.112 e. The van der Waals surface area contributed by atoms with Gasteiger partial charge in [-0.3, -0.25) is 0 Å². The molecule has 2 N–H and O–H groups in total. The lowest BCUT2D eigenvalue weighted by Crippen LogP contribution is -2.13. The van der Waals surface area contributed by atoms with Gasteiger partial charge >= 0.3 is 0 Å². The first-order valence-electron chi connectivity index (χ1n) is 5.49. The maximum atomic E-state index is 5.65. The fourth-order valence-corrected chi connectivity index (χ4v) is 2.28. The van der Waals surface area contributed by atoms with Crippen LogP contribution >= 0.6 is 15.9 Å². The molecule has 1 heterocycles. The van der Waals surface area contributed by atoms with Crippen molar-refractivity contribution in [2.75, 3.05) is 6.54 Å². The molecule has 1 aromatic carbocycles. The predicted molar refractivity (Wildman–Crippen MR) is 70.6 cm³/mol. The SMILES string of the molecule is CC(C)c1nc2cc(Br)ccc2n1CCN. The summed E-state index contributed by atoms with van der Waals surface area (Å²) < 4.78 is 3.28. The fourth-order valence-electron chi connectivity index (χ4n) is 1.93. The van der Waals surface area contributed by atoms with E-state index < -0.39 is 0 Å². The molecular formula is C12H16BrN3. The number of hydrogen-bond donors (Lipinski definition) is 1. The van der Waals surface area contributed by atoms with Crippen molar-refractivity contribution < 1.29 is 0 Å². The van der Waals surface area contributed by atoms with Crippen LogP contribution in [0.4, 0.5) is 0 Å². The van der Waals surface area contributed by atoms with E-state index >= 15 is 0 Å². The van der Waals surface area contributed by atoms with Crippen LogP contribution < -0.4 is 5.73 Å². The molecule has 0 radical (unpaired) electrons. The van der Waals surface area contributed by atoms with E-state index in [1.165, 1.54) is 0 Å². The maximum absolute atomic E-state index is 5.65. The molecule has 0 amide bonds. The van der Waals surface area contributed by atoms with Gasteiger partial charge < -0.3 is 10.3 Å². The summed E-state index contributed by atoms with van der Waals surface area (Å²) in [6.07, 6.45) is 0. The van der Waals surface area contributed by atoms with Gasteiger partial charge in [0, 0.05) is 23.5 Å². The van der Waals surface area contributed by atoms with Crippen LogP contribution in [0.3, 0.4) is 0 Å². The Morgan fingerprint density at radius 1 is 1.44 bits per heavy atom. The van der Waals surface area contributed by atoms with E-state index in [0.29, 0.717) is 12.5 Å². The van der Waals surface area contributed by atoms with Gasteiger partial charge in [0.25, 0.3) is 0 Å². The molecule has 0 fully saturated rings. The zero-order chi connectivity index (χ0) is 11.7. The highest BCUT2D eigenvalue weighted by molar-refractivity contribution is 9.10. The molecule has 4 heteroatoms. The number of halogens is 1. The van der Waals surface area contributed by atoms with Crippen LogP contribution in [0.5, 0.6) is 0 Å². The molecular weight excluding hydrogens is 266 g/mol. The predicted octanol–water partition coefficient (Wildman–Crippen LogP) is 2.88. The molecule has 3 nitrogen and oxygen atoms in total. The average molecular weight is 282 g/mol. The second-order valence-electron chi connectivity index (χ2n) is 4.20. The molecule has 0 saturated carbocycles. The highest BCUT2D eigenvalue weighted by atomic mass is 79.9. The first-order valence-corrected chi connectivity index (χ1v) is 6.28. The number of aromatic nitrogens is 2. The summed E-state index contributed by atoms with van der Waals surface area (Å²) in [6.45, 7) is 5.78. The Bertz CT molecular complexity index is 502. The van der Waals surface area contributed by atoms with E-state index in [-0.39, 0.29) is 0 Å². The molecule has 2 rings (SSSR count). The molecule has 0 spiro atoms. The monoisotopic (exact) mass is 281 g/mol. The second-order valence-corrected chi connectivity index (χ2v) is 5.11. The van der Waals surface area contributed by atoms with Crippen LogP contribution in [-0.2, 0) is 6.54 Å². The van der Waals surface area contributed by atoms with Gasteiger partial charge in [-0.15, -0.1) is 0 Å². The Labute approximate surface area is 104 Å². The van der Waals surface area contributed by atoms with Crippen molar-refractivity contribution in [2.45, 2.75) is 26.3 Å². The maximum Gasteiger partial charge on any atom is 0.112 e. The van der Waals surface area contributed by atoms with E-state index in [9.17, 15) is 0 Å². The molecule has 0 atom stereocenters. The molecule has 16 heavy (non-hydrogen) atoms. The van der Waals surface area contributed by atoms with E-state index in [2.05, 4.69) is 45.4 Å². The van der Waals surface area contributed by atoms with Crippen LogP contribution in [0.25, 0.3) is 11.0 Å². The molecule has 0 aliphatic heterocycles. The van der Waals surface area contributed by atoms with Gasteiger partial charge in [0.05, 0.1) is 11.0 Å². The standard InChI is InChI=1S/C12H16BrN3/c1-8(2)12-15-10-7-9(13)3-4-11(10)16(12)6-5-14/h3-4,7-8H,5-6,14H2,1-2H3. The second kappa shape index (κ2) is 4.55. The Balaban J connectivity index is 2.65. The summed E-state index contributed by atoms with van der Waals surface area (Å²) in [5, 5.41) is 0. The number of benzene rings is 1. The lowest BCUT2D eigenvalue weighted by atomic mass is 10.2. The van der Waals surface area contributed by atoms with Gasteiger partial charge in [0.1, 0.15) is 5.82 Å². The molecule has 0 aliphatic rings. The first kappa shape index (κ1) is 11.6. The first-order chi connectivity index (χ1) is 7.63. The fraction of sp³-hybridized carbons (Fsp3) is 0.417. The van der Waals surface area contributed by atoms with E-state index in [1.807, 2.05) is 12.1 Å². The number of rotatable bonds is 3. The third-order valence-electron chi connectivity index (χ3n) is 2.61. The van der Waals surface area contributed by atoms with Crippen molar-refractivity contribution in [3.8, 4) is 0 Å². The van der Waals surface area contributed by atoms with Crippen molar-refractivity contribution in [1.29, 1.82) is 0 Å².